The molecule has 0 rings (SSSR count). The van der Waals surface area contributed by atoms with Gasteiger partial charge < -0.3 is 13.3 Å². The Hall–Kier alpha value is -0.113. The Morgan fingerprint density at radius 3 is 1.15 bits per heavy atom. The molecule has 0 aliphatic carbocycles. The molecule has 0 aliphatic heterocycles. The van der Waals surface area contributed by atoms with Crippen molar-refractivity contribution in [3.8, 4) is 0 Å². The smallest absolute Gasteiger partial charge is 0.365 e. The molecule has 7 heteroatoms. The summed E-state index contributed by atoms with van der Waals surface area (Å²) >= 11 is 0. The van der Waals surface area contributed by atoms with Crippen LogP contribution in [0.3, 0.4) is 0 Å². The molecule has 0 amide bonds. The highest BCUT2D eigenvalue weighted by Crippen LogP contribution is 2.35. The molecule has 0 bridgehead atoms. The molecule has 0 aromatic carbocycles. The fourth-order valence-corrected chi connectivity index (χ4v) is 3.99. The topological polar surface area (TPSA) is 27.7 Å². The first-order valence-corrected chi connectivity index (χ1v) is 8.94. The summed E-state index contributed by atoms with van der Waals surface area (Å²) in [7, 11) is -4.75. The zero-order valence-corrected chi connectivity index (χ0v) is 14.2. The summed E-state index contributed by atoms with van der Waals surface area (Å²) < 4.78 is 56.5. The van der Waals surface area contributed by atoms with Crippen LogP contribution in [0, 0.1) is 0 Å². The Morgan fingerprint density at radius 2 is 1.00 bits per heavy atom. The zero-order chi connectivity index (χ0) is 16.0. The van der Waals surface area contributed by atoms with Crippen molar-refractivity contribution < 1.29 is 26.4 Å². The van der Waals surface area contributed by atoms with Crippen molar-refractivity contribution >= 4 is 8.80 Å². The molecule has 0 aromatic heterocycles. The molecule has 0 saturated carbocycles. The van der Waals surface area contributed by atoms with E-state index >= 15 is 0 Å². The SMILES string of the molecule is CCC(C)O[Si](OC(C)CC)(OC(C)CC)C(F)(F)F. The van der Waals surface area contributed by atoms with Crippen LogP contribution in [-0.4, -0.2) is 32.9 Å². The molecule has 3 unspecified atom stereocenters. The number of halogens is 3. The molecular weight excluding hydrogens is 289 g/mol. The molecule has 122 valence electrons. The Bertz CT molecular complexity index is 243. The maximum absolute atomic E-state index is 13.6. The van der Waals surface area contributed by atoms with E-state index in [2.05, 4.69) is 0 Å². The quantitative estimate of drug-likeness (QED) is 0.587. The third kappa shape index (κ3) is 5.71. The van der Waals surface area contributed by atoms with Gasteiger partial charge in [0, 0.05) is 18.3 Å². The summed E-state index contributed by atoms with van der Waals surface area (Å²) in [5.41, 5.74) is 0. The van der Waals surface area contributed by atoms with E-state index in [-0.39, 0.29) is 0 Å². The molecule has 0 saturated heterocycles. The first kappa shape index (κ1) is 19.9. The number of alkyl halides is 3. The first-order valence-electron chi connectivity index (χ1n) is 7.21. The monoisotopic (exact) mass is 316 g/mol. The lowest BCUT2D eigenvalue weighted by Crippen LogP contribution is -2.62. The summed E-state index contributed by atoms with van der Waals surface area (Å²) in [6.45, 7) is 10.1. The van der Waals surface area contributed by atoms with Crippen molar-refractivity contribution in [3.05, 3.63) is 0 Å². The summed E-state index contributed by atoms with van der Waals surface area (Å²) in [4.78, 5) is 0. The summed E-state index contributed by atoms with van der Waals surface area (Å²) in [5, 5.41) is 0. The van der Waals surface area contributed by atoms with Crippen LogP contribution in [0.1, 0.15) is 60.8 Å². The minimum Gasteiger partial charge on any atom is -0.365 e. The van der Waals surface area contributed by atoms with Crippen LogP contribution in [0.25, 0.3) is 0 Å². The van der Waals surface area contributed by atoms with E-state index in [4.69, 9.17) is 13.3 Å². The van der Waals surface area contributed by atoms with Gasteiger partial charge >= 0.3 is 14.6 Å². The van der Waals surface area contributed by atoms with Gasteiger partial charge in [-0.1, -0.05) is 20.8 Å². The fraction of sp³-hybridized carbons (Fsp3) is 1.00. The predicted octanol–water partition coefficient (Wildman–Crippen LogP) is 4.47. The van der Waals surface area contributed by atoms with E-state index in [0.29, 0.717) is 19.3 Å². The van der Waals surface area contributed by atoms with Crippen LogP contribution in [0.5, 0.6) is 0 Å². The largest absolute Gasteiger partial charge is 0.616 e. The number of hydrogen-bond acceptors (Lipinski definition) is 3. The molecule has 0 spiro atoms. The van der Waals surface area contributed by atoms with Gasteiger partial charge in [0.25, 0.3) is 0 Å². The lowest BCUT2D eigenvalue weighted by atomic mass is 10.3. The average Bonchev–Trinajstić information content (AvgIpc) is 2.36. The van der Waals surface area contributed by atoms with E-state index in [0.717, 1.165) is 0 Å². The van der Waals surface area contributed by atoms with E-state index in [1.54, 1.807) is 41.5 Å². The molecule has 0 heterocycles. The van der Waals surface area contributed by atoms with Gasteiger partial charge in [-0.25, -0.2) is 0 Å². The molecule has 0 radical (unpaired) electrons. The van der Waals surface area contributed by atoms with E-state index in [1.165, 1.54) is 0 Å². The molecule has 0 aromatic rings. The normalized spacial score (nSPS) is 20.2. The molecule has 3 atom stereocenters. The van der Waals surface area contributed by atoms with Crippen molar-refractivity contribution in [1.29, 1.82) is 0 Å². The second-order valence-corrected chi connectivity index (χ2v) is 7.45. The van der Waals surface area contributed by atoms with Crippen molar-refractivity contribution in [3.63, 3.8) is 0 Å². The van der Waals surface area contributed by atoms with Crippen molar-refractivity contribution in [2.24, 2.45) is 0 Å². The van der Waals surface area contributed by atoms with Crippen LogP contribution >= 0.6 is 0 Å². The van der Waals surface area contributed by atoms with Crippen LogP contribution in [-0.2, 0) is 13.3 Å². The molecule has 20 heavy (non-hydrogen) atoms. The average molecular weight is 316 g/mol. The van der Waals surface area contributed by atoms with Crippen LogP contribution < -0.4 is 0 Å². The molecular formula is C13H27F3O3Si. The maximum atomic E-state index is 13.6. The van der Waals surface area contributed by atoms with Crippen molar-refractivity contribution in [2.45, 2.75) is 84.9 Å². The summed E-state index contributed by atoms with van der Waals surface area (Å²) in [6.07, 6.45) is -0.264. The van der Waals surface area contributed by atoms with Gasteiger partial charge in [-0.05, 0) is 40.0 Å². The van der Waals surface area contributed by atoms with Gasteiger partial charge in [-0.15, -0.1) is 0 Å². The van der Waals surface area contributed by atoms with Crippen LogP contribution in [0.2, 0.25) is 0 Å². The standard InChI is InChI=1S/C13H27F3O3Si/c1-7-10(4)17-20(13(14,15)16,18-11(5)8-2)19-12(6)9-3/h10-12H,7-9H2,1-6H3. The lowest BCUT2D eigenvalue weighted by molar-refractivity contribution is -0.155. The second kappa shape index (κ2) is 8.36. The first-order chi connectivity index (χ1) is 9.11. The van der Waals surface area contributed by atoms with Gasteiger partial charge in [0.05, 0.1) is 0 Å². The molecule has 0 fully saturated rings. The van der Waals surface area contributed by atoms with Gasteiger partial charge in [0.2, 0.25) is 0 Å². The highest BCUT2D eigenvalue weighted by Gasteiger charge is 2.68. The van der Waals surface area contributed by atoms with E-state index < -0.39 is 32.9 Å². The van der Waals surface area contributed by atoms with Gasteiger partial charge in [-0.2, -0.15) is 13.2 Å². The minimum absolute atomic E-state index is 0.471. The third-order valence-electron chi connectivity index (χ3n) is 3.14. The van der Waals surface area contributed by atoms with E-state index in [1.807, 2.05) is 0 Å². The lowest BCUT2D eigenvalue weighted by Gasteiger charge is -2.36. The van der Waals surface area contributed by atoms with Crippen molar-refractivity contribution in [2.75, 3.05) is 0 Å². The van der Waals surface area contributed by atoms with E-state index in [9.17, 15) is 13.2 Å². The highest BCUT2D eigenvalue weighted by molar-refractivity contribution is 6.63. The van der Waals surface area contributed by atoms with Crippen molar-refractivity contribution in [1.82, 2.24) is 0 Å². The highest BCUT2D eigenvalue weighted by atomic mass is 28.4. The maximum Gasteiger partial charge on any atom is 0.616 e. The Morgan fingerprint density at radius 1 is 0.750 bits per heavy atom. The van der Waals surface area contributed by atoms with Crippen LogP contribution in [0.15, 0.2) is 0 Å². The Labute approximate surface area is 121 Å². The predicted molar refractivity (Wildman–Crippen MR) is 74.3 cm³/mol. The second-order valence-electron chi connectivity index (χ2n) is 5.06. The summed E-state index contributed by atoms with van der Waals surface area (Å²) in [5.74, 6) is -4.62. The Kier molecular flexibility index (Phi) is 8.31. The number of rotatable bonds is 9. The molecule has 3 nitrogen and oxygen atoms in total. The van der Waals surface area contributed by atoms with Crippen LogP contribution in [0.4, 0.5) is 13.2 Å². The zero-order valence-electron chi connectivity index (χ0n) is 13.2. The third-order valence-corrected chi connectivity index (χ3v) is 5.97. The number of hydrogen-bond donors (Lipinski definition) is 0. The Balaban J connectivity index is 5.39. The van der Waals surface area contributed by atoms with Gasteiger partial charge in [-0.3, -0.25) is 0 Å². The fourth-order valence-electron chi connectivity index (χ4n) is 1.33. The minimum atomic E-state index is -4.75. The van der Waals surface area contributed by atoms with Gasteiger partial charge in [0.15, 0.2) is 0 Å². The summed E-state index contributed by atoms with van der Waals surface area (Å²) in [6, 6.07) is 0. The molecule has 0 aliphatic rings. The van der Waals surface area contributed by atoms with Gasteiger partial charge in [0.1, 0.15) is 0 Å². The molecule has 0 N–H and O–H groups in total.